The van der Waals surface area contributed by atoms with Crippen LogP contribution < -0.4 is 0 Å². The average Bonchev–Trinajstić information content (AvgIpc) is 3.01. The smallest absolute Gasteiger partial charge is 0.308 e. The average molecular weight is 330 g/mol. The normalized spacial score (nSPS) is 32.9. The third kappa shape index (κ3) is 1.92. The molecule has 98 valence electrons. The topological polar surface area (TPSA) is 40.5 Å². The van der Waals surface area contributed by atoms with Gasteiger partial charge in [-0.1, -0.05) is 0 Å². The Morgan fingerprint density at radius 1 is 1.61 bits per heavy atom. The van der Waals surface area contributed by atoms with E-state index in [2.05, 4.69) is 39.2 Å². The molecule has 2 aliphatic heterocycles. The minimum atomic E-state index is -0.619. The van der Waals surface area contributed by atoms with E-state index in [1.807, 2.05) is 0 Å². The molecule has 3 heterocycles. The summed E-state index contributed by atoms with van der Waals surface area (Å²) in [6.45, 7) is 2.20. The second kappa shape index (κ2) is 4.62. The summed E-state index contributed by atoms with van der Waals surface area (Å²) in [6.07, 6.45) is 3.03. The second-order valence-corrected chi connectivity index (χ2v) is 7.13. The number of carbonyl (C=O) groups is 1. The molecule has 0 amide bonds. The third-order valence-corrected chi connectivity index (χ3v) is 6.22. The summed E-state index contributed by atoms with van der Waals surface area (Å²) in [5.74, 6) is -0.777. The maximum absolute atomic E-state index is 11.3. The molecule has 18 heavy (non-hydrogen) atoms. The Morgan fingerprint density at radius 3 is 2.94 bits per heavy atom. The van der Waals surface area contributed by atoms with Crippen molar-refractivity contribution < 1.29 is 9.90 Å². The van der Waals surface area contributed by atoms with Gasteiger partial charge in [-0.25, -0.2) is 0 Å². The Kier molecular flexibility index (Phi) is 3.24. The van der Waals surface area contributed by atoms with E-state index >= 15 is 0 Å². The van der Waals surface area contributed by atoms with Crippen LogP contribution in [0.2, 0.25) is 0 Å². The monoisotopic (exact) mass is 329 g/mol. The predicted molar refractivity (Wildman–Crippen MR) is 74.8 cm³/mol. The number of thiophene rings is 1. The molecule has 1 aromatic heterocycles. The molecule has 4 unspecified atom stereocenters. The molecule has 2 saturated heterocycles. The number of halogens is 1. The maximum atomic E-state index is 11.3. The molecule has 1 aromatic rings. The summed E-state index contributed by atoms with van der Waals surface area (Å²) in [5, 5.41) is 11.4. The first-order valence-corrected chi connectivity index (χ1v) is 7.99. The van der Waals surface area contributed by atoms with Crippen molar-refractivity contribution in [2.75, 3.05) is 0 Å². The molecule has 0 spiro atoms. The van der Waals surface area contributed by atoms with E-state index in [9.17, 15) is 9.90 Å². The van der Waals surface area contributed by atoms with Gasteiger partial charge in [-0.15, -0.1) is 11.3 Å². The highest BCUT2D eigenvalue weighted by Crippen LogP contribution is 2.47. The molecular formula is C13H16BrNO2S. The van der Waals surface area contributed by atoms with Crippen LogP contribution in [0, 0.1) is 5.92 Å². The van der Waals surface area contributed by atoms with Crippen molar-refractivity contribution in [2.24, 2.45) is 5.92 Å². The zero-order valence-corrected chi connectivity index (χ0v) is 12.6. The lowest BCUT2D eigenvalue weighted by molar-refractivity contribution is -0.142. The summed E-state index contributed by atoms with van der Waals surface area (Å²) in [7, 11) is 0. The van der Waals surface area contributed by atoms with E-state index in [1.165, 1.54) is 4.88 Å². The van der Waals surface area contributed by atoms with Crippen LogP contribution in [0.15, 0.2) is 15.9 Å². The minimum Gasteiger partial charge on any atom is -0.481 e. The van der Waals surface area contributed by atoms with E-state index < -0.39 is 5.97 Å². The van der Waals surface area contributed by atoms with Crippen molar-refractivity contribution in [3.63, 3.8) is 0 Å². The van der Waals surface area contributed by atoms with Gasteiger partial charge >= 0.3 is 5.97 Å². The fourth-order valence-corrected chi connectivity index (χ4v) is 5.10. The number of nitrogens with zero attached hydrogens (tertiary/aromatic N) is 1. The van der Waals surface area contributed by atoms with Crippen molar-refractivity contribution in [1.82, 2.24) is 4.90 Å². The van der Waals surface area contributed by atoms with Gasteiger partial charge in [0.1, 0.15) is 0 Å². The van der Waals surface area contributed by atoms with Gasteiger partial charge < -0.3 is 5.11 Å². The van der Waals surface area contributed by atoms with E-state index in [0.29, 0.717) is 12.1 Å². The predicted octanol–water partition coefficient (Wildman–Crippen LogP) is 3.51. The van der Waals surface area contributed by atoms with Crippen LogP contribution in [-0.4, -0.2) is 28.1 Å². The van der Waals surface area contributed by atoms with E-state index in [-0.39, 0.29) is 12.0 Å². The van der Waals surface area contributed by atoms with Crippen LogP contribution >= 0.6 is 27.3 Å². The van der Waals surface area contributed by atoms with Crippen molar-refractivity contribution in [2.45, 2.75) is 44.3 Å². The fraction of sp³-hybridized carbons (Fsp3) is 0.615. The number of fused-ring (bicyclic) bond motifs is 2. The van der Waals surface area contributed by atoms with Crippen LogP contribution in [-0.2, 0) is 4.79 Å². The Morgan fingerprint density at radius 2 is 2.39 bits per heavy atom. The molecule has 0 radical (unpaired) electrons. The van der Waals surface area contributed by atoms with E-state index in [1.54, 1.807) is 11.3 Å². The summed E-state index contributed by atoms with van der Waals surface area (Å²) < 4.78 is 1.12. The standard InChI is InChI=1S/C13H16BrNO2S/c1-7(12-4-8(14)6-18-12)15-9-2-3-11(15)10(5-9)13(16)17/h4,6-7,9-11H,2-3,5H2,1H3,(H,16,17). The van der Waals surface area contributed by atoms with E-state index in [4.69, 9.17) is 0 Å². The first-order valence-electron chi connectivity index (χ1n) is 6.32. The molecule has 2 bridgehead atoms. The lowest BCUT2D eigenvalue weighted by Crippen LogP contribution is -2.34. The number of carboxylic acid groups (broad SMARTS) is 1. The highest BCUT2D eigenvalue weighted by Gasteiger charge is 2.51. The summed E-state index contributed by atoms with van der Waals surface area (Å²) in [4.78, 5) is 15.0. The number of aliphatic carboxylic acids is 1. The lowest BCUT2D eigenvalue weighted by Gasteiger charge is -2.29. The molecule has 3 rings (SSSR count). The van der Waals surface area contributed by atoms with Crippen molar-refractivity contribution in [3.05, 3.63) is 20.8 Å². The molecule has 2 fully saturated rings. The third-order valence-electron chi connectivity index (χ3n) is 4.35. The van der Waals surface area contributed by atoms with Crippen LogP contribution in [0.25, 0.3) is 0 Å². The summed E-state index contributed by atoms with van der Waals surface area (Å²) >= 11 is 5.24. The Bertz CT molecular complexity index is 475. The van der Waals surface area contributed by atoms with Gasteiger partial charge in [0, 0.05) is 32.9 Å². The van der Waals surface area contributed by atoms with Crippen LogP contribution in [0.5, 0.6) is 0 Å². The van der Waals surface area contributed by atoms with Gasteiger partial charge in [-0.2, -0.15) is 0 Å². The number of carboxylic acids is 1. The number of hydrogen-bond donors (Lipinski definition) is 1. The van der Waals surface area contributed by atoms with Gasteiger partial charge in [0.25, 0.3) is 0 Å². The first kappa shape index (κ1) is 12.6. The summed E-state index contributed by atoms with van der Waals surface area (Å²) in [5.41, 5.74) is 0. The quantitative estimate of drug-likeness (QED) is 0.922. The van der Waals surface area contributed by atoms with Gasteiger partial charge in [0.05, 0.1) is 5.92 Å². The van der Waals surface area contributed by atoms with Crippen molar-refractivity contribution in [1.29, 1.82) is 0 Å². The highest BCUT2D eigenvalue weighted by molar-refractivity contribution is 9.10. The molecular weight excluding hydrogens is 314 g/mol. The zero-order valence-electron chi connectivity index (χ0n) is 10.2. The highest BCUT2D eigenvalue weighted by atomic mass is 79.9. The molecule has 3 nitrogen and oxygen atoms in total. The van der Waals surface area contributed by atoms with Crippen molar-refractivity contribution >= 4 is 33.2 Å². The molecule has 0 aromatic carbocycles. The molecule has 0 saturated carbocycles. The molecule has 5 heteroatoms. The van der Waals surface area contributed by atoms with Crippen molar-refractivity contribution in [3.8, 4) is 0 Å². The van der Waals surface area contributed by atoms with Gasteiger partial charge in [0.2, 0.25) is 0 Å². The number of rotatable bonds is 3. The van der Waals surface area contributed by atoms with Gasteiger partial charge in [0.15, 0.2) is 0 Å². The first-order chi connectivity index (χ1) is 8.58. The Balaban J connectivity index is 1.83. The second-order valence-electron chi connectivity index (χ2n) is 5.27. The van der Waals surface area contributed by atoms with Crippen LogP contribution in [0.3, 0.4) is 0 Å². The lowest BCUT2D eigenvalue weighted by atomic mass is 9.89. The minimum absolute atomic E-state index is 0.158. The molecule has 4 atom stereocenters. The molecule has 0 aliphatic carbocycles. The van der Waals surface area contributed by atoms with Gasteiger partial charge in [-0.3, -0.25) is 9.69 Å². The molecule has 1 N–H and O–H groups in total. The van der Waals surface area contributed by atoms with E-state index in [0.717, 1.165) is 23.7 Å². The maximum Gasteiger partial charge on any atom is 0.308 e. The Labute approximate surface area is 119 Å². The zero-order chi connectivity index (χ0) is 12.9. The Hall–Kier alpha value is -0.390. The number of hydrogen-bond acceptors (Lipinski definition) is 3. The van der Waals surface area contributed by atoms with Gasteiger partial charge in [-0.05, 0) is 48.2 Å². The summed E-state index contributed by atoms with van der Waals surface area (Å²) in [6, 6.07) is 3.20. The van der Waals surface area contributed by atoms with Crippen LogP contribution in [0.4, 0.5) is 0 Å². The largest absolute Gasteiger partial charge is 0.481 e. The molecule has 2 aliphatic rings. The SMILES string of the molecule is CC(c1cc(Br)cs1)N1C2CCC1C(C(=O)O)C2. The van der Waals surface area contributed by atoms with Crippen LogP contribution in [0.1, 0.15) is 37.1 Å². The fourth-order valence-electron chi connectivity index (χ4n) is 3.59.